The molecule has 2 N–H and O–H groups in total. The van der Waals surface area contributed by atoms with E-state index in [1.54, 1.807) is 19.1 Å². The number of nitrogens with zero attached hydrogens (tertiary/aromatic N) is 1. The maximum absolute atomic E-state index is 12.0. The number of nitrogens with one attached hydrogen (secondary N) is 1. The minimum atomic E-state index is -0.457. The number of hydrazine groups is 1. The van der Waals surface area contributed by atoms with Crippen LogP contribution in [0.25, 0.3) is 0 Å². The minimum Gasteiger partial charge on any atom is -0.389 e. The Morgan fingerprint density at radius 1 is 1.39 bits per heavy atom. The van der Waals surface area contributed by atoms with Crippen molar-refractivity contribution >= 4 is 5.91 Å². The van der Waals surface area contributed by atoms with Gasteiger partial charge in [0.15, 0.2) is 0 Å². The Hall–Kier alpha value is -1.65. The van der Waals surface area contributed by atoms with E-state index in [2.05, 4.69) is 5.43 Å². The Morgan fingerprint density at radius 2 is 2.11 bits per heavy atom. The van der Waals surface area contributed by atoms with Crippen LogP contribution >= 0.6 is 0 Å². The van der Waals surface area contributed by atoms with Gasteiger partial charge in [-0.15, -0.1) is 0 Å². The summed E-state index contributed by atoms with van der Waals surface area (Å²) in [5, 5.41) is 11.4. The molecule has 0 bridgehead atoms. The number of aliphatic hydroxyl groups is 1. The monoisotopic (exact) mass is 246 g/mol. The van der Waals surface area contributed by atoms with Crippen LogP contribution in [0.5, 0.6) is 0 Å². The lowest BCUT2D eigenvalue weighted by molar-refractivity contribution is 0.0783. The molecule has 1 unspecified atom stereocenters. The molecule has 1 amide bonds. The smallest absolute Gasteiger partial charge is 0.265 e. The highest BCUT2D eigenvalue weighted by Crippen LogP contribution is 2.11. The molecule has 0 saturated heterocycles. The standard InChI is InChI=1S/C14H18N2O2/c1-11(17)13-8-5-9-16(10-13)15-14(18)12-6-3-2-4-7-12/h2-4,6-8,11,17H,5,9-10H2,1H3,(H,15,18). The minimum absolute atomic E-state index is 0.109. The number of hydrogen-bond donors (Lipinski definition) is 2. The molecule has 2 rings (SSSR count). The lowest BCUT2D eigenvalue weighted by atomic mass is 10.1. The van der Waals surface area contributed by atoms with Gasteiger partial charge in [0.1, 0.15) is 0 Å². The molecule has 1 heterocycles. The molecule has 0 saturated carbocycles. The highest BCUT2D eigenvalue weighted by atomic mass is 16.3. The number of rotatable bonds is 3. The van der Waals surface area contributed by atoms with Crippen molar-refractivity contribution in [2.75, 3.05) is 13.1 Å². The van der Waals surface area contributed by atoms with Crippen LogP contribution in [0, 0.1) is 0 Å². The van der Waals surface area contributed by atoms with E-state index in [1.807, 2.05) is 29.3 Å². The lowest BCUT2D eigenvalue weighted by Crippen LogP contribution is -2.46. The van der Waals surface area contributed by atoms with Gasteiger partial charge in [-0.3, -0.25) is 10.2 Å². The maximum Gasteiger partial charge on any atom is 0.265 e. The quantitative estimate of drug-likeness (QED) is 0.791. The number of hydrogen-bond acceptors (Lipinski definition) is 3. The summed E-state index contributed by atoms with van der Waals surface area (Å²) in [5.74, 6) is -0.109. The van der Waals surface area contributed by atoms with Crippen LogP contribution in [-0.4, -0.2) is 35.2 Å². The van der Waals surface area contributed by atoms with E-state index in [1.165, 1.54) is 0 Å². The molecule has 1 aromatic rings. The summed E-state index contributed by atoms with van der Waals surface area (Å²) < 4.78 is 0. The summed E-state index contributed by atoms with van der Waals surface area (Å²) in [6.45, 7) is 3.10. The highest BCUT2D eigenvalue weighted by Gasteiger charge is 2.17. The molecule has 1 aliphatic heterocycles. The molecule has 96 valence electrons. The molecule has 1 aromatic carbocycles. The van der Waals surface area contributed by atoms with E-state index in [0.717, 1.165) is 18.5 Å². The third-order valence-electron chi connectivity index (χ3n) is 3.01. The van der Waals surface area contributed by atoms with Gasteiger partial charge < -0.3 is 5.11 Å². The Balaban J connectivity index is 1.95. The van der Waals surface area contributed by atoms with Gasteiger partial charge in [-0.1, -0.05) is 24.3 Å². The molecule has 0 fully saturated rings. The Kier molecular flexibility index (Phi) is 4.12. The fourth-order valence-corrected chi connectivity index (χ4v) is 1.97. The van der Waals surface area contributed by atoms with E-state index < -0.39 is 6.10 Å². The zero-order chi connectivity index (χ0) is 13.0. The van der Waals surface area contributed by atoms with Gasteiger partial charge in [0.2, 0.25) is 0 Å². The number of carbonyl (C=O) groups excluding carboxylic acids is 1. The second-order valence-electron chi connectivity index (χ2n) is 4.47. The third kappa shape index (κ3) is 3.18. The van der Waals surface area contributed by atoms with Gasteiger partial charge in [-0.05, 0) is 31.1 Å². The van der Waals surface area contributed by atoms with Crippen molar-refractivity contribution in [2.45, 2.75) is 19.4 Å². The first-order valence-electron chi connectivity index (χ1n) is 6.15. The molecule has 1 aliphatic rings. The van der Waals surface area contributed by atoms with E-state index in [4.69, 9.17) is 0 Å². The largest absolute Gasteiger partial charge is 0.389 e. The normalized spacial score (nSPS) is 18.0. The van der Waals surface area contributed by atoms with Crippen molar-refractivity contribution in [3.63, 3.8) is 0 Å². The average Bonchev–Trinajstić information content (AvgIpc) is 2.40. The van der Waals surface area contributed by atoms with Gasteiger partial charge in [0.25, 0.3) is 5.91 Å². The molecule has 4 nitrogen and oxygen atoms in total. The SMILES string of the molecule is CC(O)C1=CCCN(NC(=O)c2ccccc2)C1. The molecule has 1 atom stereocenters. The van der Waals surface area contributed by atoms with Gasteiger partial charge in [-0.2, -0.15) is 0 Å². The summed E-state index contributed by atoms with van der Waals surface area (Å²) in [6, 6.07) is 9.12. The summed E-state index contributed by atoms with van der Waals surface area (Å²) >= 11 is 0. The second-order valence-corrected chi connectivity index (χ2v) is 4.47. The first-order valence-corrected chi connectivity index (χ1v) is 6.15. The van der Waals surface area contributed by atoms with Crippen molar-refractivity contribution in [3.8, 4) is 0 Å². The van der Waals surface area contributed by atoms with Crippen molar-refractivity contribution in [1.82, 2.24) is 10.4 Å². The third-order valence-corrected chi connectivity index (χ3v) is 3.01. The summed E-state index contributed by atoms with van der Waals surface area (Å²) in [6.07, 6.45) is 2.42. The van der Waals surface area contributed by atoms with E-state index >= 15 is 0 Å². The van der Waals surface area contributed by atoms with Crippen LogP contribution in [0.4, 0.5) is 0 Å². The molecular formula is C14H18N2O2. The van der Waals surface area contributed by atoms with Gasteiger partial charge in [0.05, 0.1) is 6.10 Å². The average molecular weight is 246 g/mol. The fraction of sp³-hybridized carbons (Fsp3) is 0.357. The Labute approximate surface area is 107 Å². The van der Waals surface area contributed by atoms with Crippen molar-refractivity contribution in [1.29, 1.82) is 0 Å². The lowest BCUT2D eigenvalue weighted by Gasteiger charge is -2.28. The molecule has 0 aliphatic carbocycles. The zero-order valence-corrected chi connectivity index (χ0v) is 10.5. The first kappa shape index (κ1) is 12.8. The Bertz CT molecular complexity index is 440. The molecule has 0 spiro atoms. The number of amides is 1. The van der Waals surface area contributed by atoms with E-state index in [-0.39, 0.29) is 5.91 Å². The summed E-state index contributed by atoms with van der Waals surface area (Å²) in [5.41, 5.74) is 4.46. The predicted molar refractivity (Wildman–Crippen MR) is 69.9 cm³/mol. The first-order chi connectivity index (χ1) is 8.66. The molecular weight excluding hydrogens is 228 g/mol. The van der Waals surface area contributed by atoms with Crippen molar-refractivity contribution in [3.05, 3.63) is 47.5 Å². The number of benzene rings is 1. The molecule has 0 radical (unpaired) electrons. The van der Waals surface area contributed by atoms with Crippen LogP contribution in [0.15, 0.2) is 42.0 Å². The van der Waals surface area contributed by atoms with Gasteiger partial charge in [-0.25, -0.2) is 5.01 Å². The number of carbonyl (C=O) groups is 1. The van der Waals surface area contributed by atoms with Crippen LogP contribution in [0.2, 0.25) is 0 Å². The highest BCUT2D eigenvalue weighted by molar-refractivity contribution is 5.93. The Morgan fingerprint density at radius 3 is 2.78 bits per heavy atom. The van der Waals surface area contributed by atoms with Crippen LogP contribution in [0.3, 0.4) is 0 Å². The topological polar surface area (TPSA) is 52.6 Å². The summed E-state index contributed by atoms with van der Waals surface area (Å²) in [7, 11) is 0. The second kappa shape index (κ2) is 5.80. The van der Waals surface area contributed by atoms with Gasteiger partial charge in [0, 0.05) is 18.7 Å². The van der Waals surface area contributed by atoms with Gasteiger partial charge >= 0.3 is 0 Å². The van der Waals surface area contributed by atoms with Crippen LogP contribution in [0.1, 0.15) is 23.7 Å². The van der Waals surface area contributed by atoms with E-state index in [0.29, 0.717) is 12.1 Å². The maximum atomic E-state index is 12.0. The zero-order valence-electron chi connectivity index (χ0n) is 10.5. The molecule has 4 heteroatoms. The summed E-state index contributed by atoms with van der Waals surface area (Å²) in [4.78, 5) is 12.0. The van der Waals surface area contributed by atoms with Crippen molar-refractivity contribution < 1.29 is 9.90 Å². The molecule has 18 heavy (non-hydrogen) atoms. The number of aliphatic hydroxyl groups excluding tert-OH is 1. The molecule has 0 aromatic heterocycles. The van der Waals surface area contributed by atoms with Crippen LogP contribution < -0.4 is 5.43 Å². The van der Waals surface area contributed by atoms with E-state index in [9.17, 15) is 9.90 Å². The predicted octanol–water partition coefficient (Wildman–Crippen LogP) is 1.34. The van der Waals surface area contributed by atoms with Crippen molar-refractivity contribution in [2.24, 2.45) is 0 Å². The van der Waals surface area contributed by atoms with Crippen LogP contribution in [-0.2, 0) is 0 Å². The fourth-order valence-electron chi connectivity index (χ4n) is 1.97.